The zero-order valence-corrected chi connectivity index (χ0v) is 23.3. The number of nitrogens with one attached hydrogen (secondary N) is 2. The number of ether oxygens (including phenoxy) is 2. The highest BCUT2D eigenvalue weighted by atomic mass is 32.2. The number of carboxylic acid groups (broad SMARTS) is 1. The van der Waals surface area contributed by atoms with Crippen molar-refractivity contribution in [3.8, 4) is 28.4 Å². The number of aliphatic hydroxyl groups is 1. The summed E-state index contributed by atoms with van der Waals surface area (Å²) < 4.78 is 36.7. The monoisotopic (exact) mass is 558 g/mol. The van der Waals surface area contributed by atoms with E-state index >= 15 is 0 Å². The summed E-state index contributed by atoms with van der Waals surface area (Å²) >= 11 is 0. The van der Waals surface area contributed by atoms with Gasteiger partial charge in [-0.1, -0.05) is 6.07 Å². The second kappa shape index (κ2) is 12.4. The highest BCUT2D eigenvalue weighted by molar-refractivity contribution is 7.92. The fourth-order valence-corrected chi connectivity index (χ4v) is 4.82. The molecule has 10 nitrogen and oxygen atoms in total. The van der Waals surface area contributed by atoms with Gasteiger partial charge < -0.3 is 30.1 Å². The molecule has 2 atom stereocenters. The number of hydrogen-bond acceptors (Lipinski definition) is 8. The zero-order valence-electron chi connectivity index (χ0n) is 22.5. The fourth-order valence-electron chi connectivity index (χ4n) is 4.26. The maximum absolute atomic E-state index is 11.5. The van der Waals surface area contributed by atoms with Crippen molar-refractivity contribution in [1.29, 1.82) is 0 Å². The molecule has 0 saturated heterocycles. The smallest absolute Gasteiger partial charge is 0.335 e. The second-order valence-corrected chi connectivity index (χ2v) is 11.1. The van der Waals surface area contributed by atoms with Gasteiger partial charge in [-0.3, -0.25) is 4.72 Å². The van der Waals surface area contributed by atoms with Crippen LogP contribution in [0.25, 0.3) is 11.1 Å². The molecule has 3 aromatic carbocycles. The van der Waals surface area contributed by atoms with E-state index in [1.54, 1.807) is 13.0 Å². The molecular weight excluding hydrogens is 524 g/mol. The van der Waals surface area contributed by atoms with E-state index < -0.39 is 28.1 Å². The van der Waals surface area contributed by atoms with Gasteiger partial charge in [0, 0.05) is 18.2 Å². The number of carboxylic acids is 1. The van der Waals surface area contributed by atoms with E-state index in [1.165, 1.54) is 37.4 Å². The van der Waals surface area contributed by atoms with Crippen molar-refractivity contribution in [2.24, 2.45) is 0 Å². The van der Waals surface area contributed by atoms with Crippen molar-refractivity contribution >= 4 is 21.7 Å². The van der Waals surface area contributed by atoms with E-state index in [4.69, 9.17) is 9.47 Å². The first-order valence-corrected chi connectivity index (χ1v) is 14.1. The number of carbonyl (C=O) groups is 1. The second-order valence-electron chi connectivity index (χ2n) is 9.35. The van der Waals surface area contributed by atoms with Crippen LogP contribution < -0.4 is 19.5 Å². The third-order valence-electron chi connectivity index (χ3n) is 6.17. The lowest BCUT2D eigenvalue weighted by atomic mass is 9.98. The minimum atomic E-state index is -3.59. The Morgan fingerprint density at radius 1 is 1.05 bits per heavy atom. The van der Waals surface area contributed by atoms with Crippen LogP contribution in [0.5, 0.6) is 17.2 Å². The van der Waals surface area contributed by atoms with Crippen LogP contribution in [-0.2, 0) is 10.0 Å². The number of aliphatic hydroxyl groups excluding tert-OH is 1. The highest BCUT2D eigenvalue weighted by Crippen LogP contribution is 2.35. The molecule has 3 rings (SSSR count). The lowest BCUT2D eigenvalue weighted by Gasteiger charge is -2.22. The summed E-state index contributed by atoms with van der Waals surface area (Å²) in [7, 11) is -2.09. The Hall–Kier alpha value is -3.80. The first kappa shape index (κ1) is 29.8. The van der Waals surface area contributed by atoms with Gasteiger partial charge in [-0.25, -0.2) is 13.2 Å². The summed E-state index contributed by atoms with van der Waals surface area (Å²) in [4.78, 5) is 11.3. The molecule has 0 spiro atoms. The standard InChI is InChI=1S/C28H34N2O8S/c1-16-12-21(22-8-6-20(28(33)34)15-25(22)37-4)13-17(2)27(16)38-11-10-29-18(3)26(32)19-7-9-24(31)23(14-19)30-39(5,35)36/h6-9,12-15,18,26,29-32H,10-11H2,1-5H3,(H,33,34)/t18-,26-/m0/s1. The minimum Gasteiger partial charge on any atom is -0.506 e. The summed E-state index contributed by atoms with van der Waals surface area (Å²) in [5.74, 6) is -0.0714. The summed E-state index contributed by atoms with van der Waals surface area (Å²) in [6.45, 7) is 6.39. The average Bonchev–Trinajstić information content (AvgIpc) is 2.87. The summed E-state index contributed by atoms with van der Waals surface area (Å²) in [6.07, 6.45) is 0.0162. The van der Waals surface area contributed by atoms with E-state index in [2.05, 4.69) is 10.0 Å². The van der Waals surface area contributed by atoms with Gasteiger partial charge in [-0.15, -0.1) is 0 Å². The Morgan fingerprint density at radius 2 is 1.72 bits per heavy atom. The number of phenols is 1. The number of hydrogen-bond donors (Lipinski definition) is 5. The molecule has 0 unspecified atom stereocenters. The maximum atomic E-state index is 11.5. The summed E-state index contributed by atoms with van der Waals surface area (Å²) in [5.41, 5.74) is 4.03. The number of aromatic carboxylic acids is 1. The quantitative estimate of drug-likeness (QED) is 0.165. The van der Waals surface area contributed by atoms with Crippen LogP contribution in [-0.4, -0.2) is 62.3 Å². The third-order valence-corrected chi connectivity index (χ3v) is 6.76. The summed E-state index contributed by atoms with van der Waals surface area (Å²) in [6, 6.07) is 12.5. The number of aromatic hydroxyl groups is 1. The molecule has 5 N–H and O–H groups in total. The molecule has 3 aromatic rings. The molecule has 0 saturated carbocycles. The van der Waals surface area contributed by atoms with Crippen molar-refractivity contribution in [3.63, 3.8) is 0 Å². The van der Waals surface area contributed by atoms with Crippen LogP contribution in [0.3, 0.4) is 0 Å². The van der Waals surface area contributed by atoms with Gasteiger partial charge in [0.2, 0.25) is 10.0 Å². The van der Waals surface area contributed by atoms with E-state index in [-0.39, 0.29) is 17.0 Å². The Bertz CT molecular complexity index is 1430. The van der Waals surface area contributed by atoms with Gasteiger partial charge in [0.05, 0.1) is 30.7 Å². The number of sulfonamides is 1. The number of rotatable bonds is 12. The number of methoxy groups -OCH3 is 1. The Morgan fingerprint density at radius 3 is 2.31 bits per heavy atom. The van der Waals surface area contributed by atoms with Gasteiger partial charge in [0.25, 0.3) is 0 Å². The third kappa shape index (κ3) is 7.62. The molecule has 0 aromatic heterocycles. The lowest BCUT2D eigenvalue weighted by Crippen LogP contribution is -2.35. The maximum Gasteiger partial charge on any atom is 0.335 e. The van der Waals surface area contributed by atoms with Crippen LogP contribution in [0, 0.1) is 13.8 Å². The summed E-state index contributed by atoms with van der Waals surface area (Å²) in [5, 5.41) is 33.1. The molecule has 0 heterocycles. The van der Waals surface area contributed by atoms with Crippen LogP contribution >= 0.6 is 0 Å². The van der Waals surface area contributed by atoms with E-state index in [9.17, 15) is 28.5 Å². The SMILES string of the molecule is COc1cc(C(=O)O)ccc1-c1cc(C)c(OCCN[C@@H](C)[C@H](O)c2ccc(O)c(NS(C)(=O)=O)c2)c(C)c1. The van der Waals surface area contributed by atoms with Gasteiger partial charge in [-0.05, 0) is 85.5 Å². The number of anilines is 1. The molecule has 0 bridgehead atoms. The molecule has 0 aliphatic rings. The first-order valence-electron chi connectivity index (χ1n) is 12.2. The van der Waals surface area contributed by atoms with Crippen LogP contribution in [0.1, 0.15) is 40.1 Å². The van der Waals surface area contributed by atoms with Crippen molar-refractivity contribution < 1.29 is 38.0 Å². The molecular formula is C28H34N2O8S. The molecule has 39 heavy (non-hydrogen) atoms. The number of aryl methyl sites for hydroxylation is 2. The molecule has 210 valence electrons. The normalized spacial score (nSPS) is 13.0. The van der Waals surface area contributed by atoms with Gasteiger partial charge in [-0.2, -0.15) is 0 Å². The molecule has 11 heteroatoms. The molecule has 0 amide bonds. The van der Waals surface area contributed by atoms with Crippen molar-refractivity contribution in [2.75, 3.05) is 31.2 Å². The Balaban J connectivity index is 1.63. The lowest BCUT2D eigenvalue weighted by molar-refractivity contribution is 0.0696. The Kier molecular flexibility index (Phi) is 9.44. The molecule has 0 fully saturated rings. The van der Waals surface area contributed by atoms with Gasteiger partial charge in [0.15, 0.2) is 0 Å². The van der Waals surface area contributed by atoms with Crippen molar-refractivity contribution in [3.05, 3.63) is 70.8 Å². The fraction of sp³-hybridized carbons (Fsp3) is 0.321. The van der Waals surface area contributed by atoms with Crippen molar-refractivity contribution in [2.45, 2.75) is 32.9 Å². The average molecular weight is 559 g/mol. The topological polar surface area (TPSA) is 154 Å². The number of benzene rings is 3. The molecule has 0 aliphatic heterocycles. The van der Waals surface area contributed by atoms with Crippen molar-refractivity contribution in [1.82, 2.24) is 5.32 Å². The van der Waals surface area contributed by atoms with Crippen LogP contribution in [0.15, 0.2) is 48.5 Å². The van der Waals surface area contributed by atoms with E-state index in [0.29, 0.717) is 24.5 Å². The first-order chi connectivity index (χ1) is 18.3. The number of phenolic OH excluding ortho intramolecular Hbond substituents is 1. The predicted octanol–water partition coefficient (Wildman–Crippen LogP) is 3.84. The minimum absolute atomic E-state index is 0.00516. The van der Waals surface area contributed by atoms with Gasteiger partial charge in [0.1, 0.15) is 23.9 Å². The van der Waals surface area contributed by atoms with E-state index in [1.807, 2.05) is 26.0 Å². The zero-order chi connectivity index (χ0) is 28.9. The molecule has 0 radical (unpaired) electrons. The highest BCUT2D eigenvalue weighted by Gasteiger charge is 2.19. The molecule has 0 aliphatic carbocycles. The largest absolute Gasteiger partial charge is 0.506 e. The van der Waals surface area contributed by atoms with Gasteiger partial charge >= 0.3 is 5.97 Å². The van der Waals surface area contributed by atoms with Crippen LogP contribution in [0.4, 0.5) is 5.69 Å². The predicted molar refractivity (Wildman–Crippen MR) is 149 cm³/mol. The van der Waals surface area contributed by atoms with E-state index in [0.717, 1.165) is 34.3 Å². The Labute approximate surface area is 228 Å². The van der Waals surface area contributed by atoms with Crippen LogP contribution in [0.2, 0.25) is 0 Å².